The highest BCUT2D eigenvalue weighted by molar-refractivity contribution is 6.31. The Labute approximate surface area is 109 Å². The van der Waals surface area contributed by atoms with Crippen LogP contribution in [-0.2, 0) is 0 Å². The first-order valence-corrected chi connectivity index (χ1v) is 5.79. The van der Waals surface area contributed by atoms with Crippen LogP contribution >= 0.6 is 11.6 Å². The van der Waals surface area contributed by atoms with Crippen LogP contribution < -0.4 is 4.74 Å². The molecule has 0 bridgehead atoms. The van der Waals surface area contributed by atoms with E-state index in [9.17, 15) is 0 Å². The molecule has 0 saturated carbocycles. The normalized spacial score (nSPS) is 10.8. The van der Waals surface area contributed by atoms with Crippen LogP contribution in [0.15, 0.2) is 36.8 Å². The minimum atomic E-state index is 0.527. The van der Waals surface area contributed by atoms with Gasteiger partial charge in [-0.1, -0.05) is 11.6 Å². The summed E-state index contributed by atoms with van der Waals surface area (Å²) in [6.07, 6.45) is 3.35. The Kier molecular flexibility index (Phi) is 2.64. The van der Waals surface area contributed by atoms with E-state index in [1.807, 2.05) is 24.4 Å². The van der Waals surface area contributed by atoms with Crippen molar-refractivity contribution in [1.29, 1.82) is 0 Å². The van der Waals surface area contributed by atoms with Crippen molar-refractivity contribution in [3.63, 3.8) is 0 Å². The number of nitrogens with zero attached hydrogens (tertiary/aromatic N) is 2. The van der Waals surface area contributed by atoms with Crippen LogP contribution in [0.4, 0.5) is 0 Å². The Morgan fingerprint density at radius 2 is 2.11 bits per heavy atom. The molecule has 3 aromatic rings. The monoisotopic (exact) mass is 259 g/mol. The summed E-state index contributed by atoms with van der Waals surface area (Å²) in [5.41, 5.74) is 2.71. The zero-order valence-corrected chi connectivity index (χ0v) is 10.4. The molecule has 0 saturated heterocycles. The molecular weight excluding hydrogens is 250 g/mol. The molecule has 5 heteroatoms. The van der Waals surface area contributed by atoms with Crippen molar-refractivity contribution in [3.05, 3.63) is 41.8 Å². The third-order valence-corrected chi connectivity index (χ3v) is 2.97. The van der Waals surface area contributed by atoms with E-state index in [1.165, 1.54) is 6.33 Å². The van der Waals surface area contributed by atoms with E-state index in [0.717, 1.165) is 22.2 Å². The van der Waals surface area contributed by atoms with E-state index in [1.54, 1.807) is 13.2 Å². The second-order valence-corrected chi connectivity index (χ2v) is 4.28. The van der Waals surface area contributed by atoms with Gasteiger partial charge in [-0.2, -0.15) is 0 Å². The number of nitrogens with one attached hydrogen (secondary N) is 1. The number of aromatic amines is 1. The van der Waals surface area contributed by atoms with Gasteiger partial charge in [-0.05, 0) is 18.2 Å². The Morgan fingerprint density at radius 3 is 2.94 bits per heavy atom. The maximum atomic E-state index is 6.12. The van der Waals surface area contributed by atoms with Crippen LogP contribution in [0.1, 0.15) is 0 Å². The van der Waals surface area contributed by atoms with E-state index in [-0.39, 0.29) is 0 Å². The quantitative estimate of drug-likeness (QED) is 0.768. The van der Waals surface area contributed by atoms with Gasteiger partial charge in [-0.3, -0.25) is 0 Å². The summed E-state index contributed by atoms with van der Waals surface area (Å²) in [6, 6.07) is 7.55. The lowest BCUT2D eigenvalue weighted by Crippen LogP contribution is -1.91. The van der Waals surface area contributed by atoms with E-state index in [2.05, 4.69) is 15.0 Å². The van der Waals surface area contributed by atoms with Crippen LogP contribution in [-0.4, -0.2) is 22.1 Å². The molecule has 0 unspecified atom stereocenters. The smallest absolute Gasteiger partial charge is 0.216 e. The van der Waals surface area contributed by atoms with Crippen LogP contribution in [0.3, 0.4) is 0 Å². The van der Waals surface area contributed by atoms with Crippen molar-refractivity contribution in [2.24, 2.45) is 0 Å². The van der Waals surface area contributed by atoms with Gasteiger partial charge in [0, 0.05) is 28.2 Å². The average molecular weight is 260 g/mol. The number of rotatable bonds is 2. The highest BCUT2D eigenvalue weighted by Gasteiger charge is 2.09. The first kappa shape index (κ1) is 11.0. The lowest BCUT2D eigenvalue weighted by molar-refractivity contribution is 0.397. The standard InChI is InChI=1S/C13H10ClN3O/c1-18-12-6-11(16-7-17-12)10-5-9(14)4-8-2-3-15-13(8)10/h2-7,15H,1H3. The molecule has 0 aliphatic rings. The highest BCUT2D eigenvalue weighted by atomic mass is 35.5. The number of aromatic nitrogens is 3. The third kappa shape index (κ3) is 1.80. The molecular formula is C13H10ClN3O. The number of fused-ring (bicyclic) bond motifs is 1. The van der Waals surface area contributed by atoms with Gasteiger partial charge in [-0.25, -0.2) is 9.97 Å². The van der Waals surface area contributed by atoms with Crippen molar-refractivity contribution >= 4 is 22.5 Å². The van der Waals surface area contributed by atoms with Crippen molar-refractivity contribution in [2.45, 2.75) is 0 Å². The zero-order chi connectivity index (χ0) is 12.5. The van der Waals surface area contributed by atoms with Crippen molar-refractivity contribution in [2.75, 3.05) is 7.11 Å². The fourth-order valence-electron chi connectivity index (χ4n) is 1.94. The topological polar surface area (TPSA) is 50.8 Å². The van der Waals surface area contributed by atoms with Crippen LogP contribution in [0, 0.1) is 0 Å². The molecule has 0 atom stereocenters. The molecule has 4 nitrogen and oxygen atoms in total. The summed E-state index contributed by atoms with van der Waals surface area (Å²) in [4.78, 5) is 11.4. The highest BCUT2D eigenvalue weighted by Crippen LogP contribution is 2.30. The maximum absolute atomic E-state index is 6.12. The van der Waals surface area contributed by atoms with Gasteiger partial charge < -0.3 is 9.72 Å². The first-order chi connectivity index (χ1) is 8.78. The molecule has 1 N–H and O–H groups in total. The zero-order valence-electron chi connectivity index (χ0n) is 9.64. The molecule has 3 rings (SSSR count). The van der Waals surface area contributed by atoms with Crippen molar-refractivity contribution < 1.29 is 4.74 Å². The summed E-state index contributed by atoms with van der Waals surface area (Å²) < 4.78 is 5.11. The Bertz CT molecular complexity index is 708. The molecule has 18 heavy (non-hydrogen) atoms. The van der Waals surface area contributed by atoms with Crippen molar-refractivity contribution in [3.8, 4) is 17.1 Å². The Morgan fingerprint density at radius 1 is 1.22 bits per heavy atom. The molecule has 0 fully saturated rings. The fraction of sp³-hybridized carbons (Fsp3) is 0.0769. The molecule has 0 aliphatic heterocycles. The largest absolute Gasteiger partial charge is 0.481 e. The molecule has 0 aliphatic carbocycles. The number of hydrogen-bond acceptors (Lipinski definition) is 3. The predicted molar refractivity (Wildman–Crippen MR) is 70.9 cm³/mol. The molecule has 0 spiro atoms. The lowest BCUT2D eigenvalue weighted by atomic mass is 10.1. The van der Waals surface area contributed by atoms with Crippen LogP contribution in [0.5, 0.6) is 5.88 Å². The first-order valence-electron chi connectivity index (χ1n) is 5.41. The number of benzene rings is 1. The second-order valence-electron chi connectivity index (χ2n) is 3.84. The van der Waals surface area contributed by atoms with E-state index < -0.39 is 0 Å². The van der Waals surface area contributed by atoms with Gasteiger partial charge >= 0.3 is 0 Å². The minimum absolute atomic E-state index is 0.527. The number of hydrogen-bond donors (Lipinski definition) is 1. The van der Waals surface area contributed by atoms with E-state index >= 15 is 0 Å². The molecule has 90 valence electrons. The molecule has 0 radical (unpaired) electrons. The molecule has 2 aromatic heterocycles. The fourth-order valence-corrected chi connectivity index (χ4v) is 2.16. The molecule has 2 heterocycles. The summed E-state index contributed by atoms with van der Waals surface area (Å²) in [7, 11) is 1.58. The Hall–Kier alpha value is -2.07. The maximum Gasteiger partial charge on any atom is 0.216 e. The summed E-state index contributed by atoms with van der Waals surface area (Å²) >= 11 is 6.12. The van der Waals surface area contributed by atoms with Gasteiger partial charge in [0.05, 0.1) is 18.3 Å². The second kappa shape index (κ2) is 4.31. The molecule has 0 amide bonds. The van der Waals surface area contributed by atoms with Gasteiger partial charge in [0.15, 0.2) is 0 Å². The van der Waals surface area contributed by atoms with Gasteiger partial charge in [0.25, 0.3) is 0 Å². The number of halogens is 1. The third-order valence-electron chi connectivity index (χ3n) is 2.75. The van der Waals surface area contributed by atoms with Crippen molar-refractivity contribution in [1.82, 2.24) is 15.0 Å². The van der Waals surface area contributed by atoms with Crippen LogP contribution in [0.2, 0.25) is 5.02 Å². The summed E-state index contributed by atoms with van der Waals surface area (Å²) in [5, 5.41) is 1.73. The van der Waals surface area contributed by atoms with Gasteiger partial charge in [-0.15, -0.1) is 0 Å². The van der Waals surface area contributed by atoms with Gasteiger partial charge in [0.1, 0.15) is 6.33 Å². The summed E-state index contributed by atoms with van der Waals surface area (Å²) in [5.74, 6) is 0.527. The minimum Gasteiger partial charge on any atom is -0.481 e. The summed E-state index contributed by atoms with van der Waals surface area (Å²) in [6.45, 7) is 0. The molecule has 1 aromatic carbocycles. The van der Waals surface area contributed by atoms with E-state index in [0.29, 0.717) is 10.9 Å². The number of methoxy groups -OCH3 is 1. The number of H-pyrrole nitrogens is 1. The van der Waals surface area contributed by atoms with Crippen LogP contribution in [0.25, 0.3) is 22.2 Å². The predicted octanol–water partition coefficient (Wildman–Crippen LogP) is 3.29. The SMILES string of the molecule is COc1cc(-c2cc(Cl)cc3cc[nH]c23)ncn1. The number of ether oxygens (including phenoxy) is 1. The average Bonchev–Trinajstić information content (AvgIpc) is 2.85. The lowest BCUT2D eigenvalue weighted by Gasteiger charge is -2.05. The van der Waals surface area contributed by atoms with E-state index in [4.69, 9.17) is 16.3 Å². The Balaban J connectivity index is 2.26. The van der Waals surface area contributed by atoms with Gasteiger partial charge in [0.2, 0.25) is 5.88 Å².